The summed E-state index contributed by atoms with van der Waals surface area (Å²) in [4.78, 5) is 23.8. The van der Waals surface area contributed by atoms with Gasteiger partial charge in [0.05, 0.1) is 31.9 Å². The molecule has 0 fully saturated rings. The summed E-state index contributed by atoms with van der Waals surface area (Å²) in [6.07, 6.45) is 0.646. The summed E-state index contributed by atoms with van der Waals surface area (Å²) in [5.74, 6) is -1.66. The van der Waals surface area contributed by atoms with Crippen molar-refractivity contribution < 1.29 is 14.7 Å². The maximum atomic E-state index is 12.7. The van der Waals surface area contributed by atoms with Crippen molar-refractivity contribution in [1.82, 2.24) is 0 Å². The Morgan fingerprint density at radius 3 is 2.07 bits per heavy atom. The van der Waals surface area contributed by atoms with E-state index in [1.807, 2.05) is 36.4 Å². The normalized spacial score (nSPS) is 10.5. The van der Waals surface area contributed by atoms with Crippen molar-refractivity contribution in [1.29, 1.82) is 0 Å². The van der Waals surface area contributed by atoms with Gasteiger partial charge < -0.3 is 10.4 Å². The molecule has 0 spiro atoms. The molecule has 28 heavy (non-hydrogen) atoms. The van der Waals surface area contributed by atoms with Crippen LogP contribution in [0.4, 0.5) is 5.69 Å². The summed E-state index contributed by atoms with van der Waals surface area (Å²) in [5.41, 5.74) is 2.34. The van der Waals surface area contributed by atoms with Crippen LogP contribution < -0.4 is 5.32 Å². The first-order chi connectivity index (χ1) is 13.3. The number of carboxylic acids is 1. The number of hydrogen-bond acceptors (Lipinski definition) is 2. The van der Waals surface area contributed by atoms with Crippen LogP contribution in [0.5, 0.6) is 0 Å². The van der Waals surface area contributed by atoms with Gasteiger partial charge in [0.25, 0.3) is 5.91 Å². The molecule has 2 N–H and O–H groups in total. The monoisotopic (exact) mass is 433 g/mol. The zero-order valence-electron chi connectivity index (χ0n) is 14.4. The maximum absolute atomic E-state index is 12.7. The van der Waals surface area contributed by atoms with Crippen molar-refractivity contribution in [3.63, 3.8) is 0 Å². The molecule has 3 aromatic rings. The van der Waals surface area contributed by atoms with Crippen LogP contribution in [0.1, 0.15) is 31.8 Å². The molecule has 0 aliphatic heterocycles. The molecule has 142 valence electrons. The predicted molar refractivity (Wildman–Crippen MR) is 112 cm³/mol. The Morgan fingerprint density at radius 1 is 0.821 bits per heavy atom. The molecule has 3 aromatic carbocycles. The van der Waals surface area contributed by atoms with Crippen LogP contribution in [0.15, 0.2) is 60.7 Å². The van der Waals surface area contributed by atoms with Crippen molar-refractivity contribution in [2.45, 2.75) is 6.42 Å². The van der Waals surface area contributed by atoms with Crippen molar-refractivity contribution in [2.75, 3.05) is 5.32 Å². The highest BCUT2D eigenvalue weighted by Gasteiger charge is 2.17. The number of anilines is 1. The topological polar surface area (TPSA) is 66.4 Å². The van der Waals surface area contributed by atoms with Gasteiger partial charge in [0, 0.05) is 0 Å². The molecule has 1 amide bonds. The second-order valence-electron chi connectivity index (χ2n) is 6.05. The first kappa shape index (κ1) is 20.2. The van der Waals surface area contributed by atoms with Crippen LogP contribution in [0.25, 0.3) is 0 Å². The number of carbonyl (C=O) groups excluding carboxylic acids is 1. The second-order valence-corrected chi connectivity index (χ2v) is 7.27. The summed E-state index contributed by atoms with van der Waals surface area (Å²) >= 11 is 18.4. The molecule has 3 rings (SSSR count). The highest BCUT2D eigenvalue weighted by atomic mass is 35.5. The molecule has 0 saturated carbocycles. The number of benzene rings is 3. The number of aromatic carboxylic acids is 1. The quantitative estimate of drug-likeness (QED) is 0.503. The van der Waals surface area contributed by atoms with E-state index in [1.165, 1.54) is 12.1 Å². The van der Waals surface area contributed by atoms with E-state index in [4.69, 9.17) is 39.9 Å². The third kappa shape index (κ3) is 4.65. The molecule has 0 heterocycles. The molecule has 0 saturated heterocycles. The van der Waals surface area contributed by atoms with E-state index in [0.29, 0.717) is 6.42 Å². The highest BCUT2D eigenvalue weighted by Crippen LogP contribution is 2.33. The van der Waals surface area contributed by atoms with Crippen LogP contribution in [0.2, 0.25) is 15.1 Å². The zero-order chi connectivity index (χ0) is 20.3. The van der Waals surface area contributed by atoms with E-state index in [1.54, 1.807) is 12.1 Å². The summed E-state index contributed by atoms with van der Waals surface area (Å²) in [7, 11) is 0. The van der Waals surface area contributed by atoms with Crippen molar-refractivity contribution in [3.8, 4) is 0 Å². The van der Waals surface area contributed by atoms with E-state index in [9.17, 15) is 9.59 Å². The molecule has 0 aromatic heterocycles. The Balaban J connectivity index is 1.87. The number of carboxylic acid groups (broad SMARTS) is 1. The molecule has 4 nitrogen and oxygen atoms in total. The van der Waals surface area contributed by atoms with Crippen molar-refractivity contribution in [3.05, 3.63) is 98.0 Å². The average Bonchev–Trinajstić information content (AvgIpc) is 2.66. The smallest absolute Gasteiger partial charge is 0.335 e. The molecule has 0 radical (unpaired) electrons. The number of nitrogens with one attached hydrogen (secondary N) is 1. The first-order valence-corrected chi connectivity index (χ1v) is 9.34. The SMILES string of the molecule is O=C(O)c1cc(Cl)c(NC(=O)c2cc(Cc3ccccc3)ccc2Cl)c(Cl)c1. The van der Waals surface area contributed by atoms with Gasteiger partial charge in [0.1, 0.15) is 0 Å². The number of hydrogen-bond donors (Lipinski definition) is 2. The molecule has 0 atom stereocenters. The lowest BCUT2D eigenvalue weighted by Gasteiger charge is -2.12. The Labute approximate surface area is 176 Å². The van der Waals surface area contributed by atoms with Gasteiger partial charge >= 0.3 is 5.97 Å². The molecule has 0 unspecified atom stereocenters. The van der Waals surface area contributed by atoms with Gasteiger partial charge in [-0.05, 0) is 41.8 Å². The van der Waals surface area contributed by atoms with Gasteiger partial charge in [-0.3, -0.25) is 4.79 Å². The summed E-state index contributed by atoms with van der Waals surface area (Å²) in [6.45, 7) is 0. The lowest BCUT2D eigenvalue weighted by Crippen LogP contribution is -2.14. The Kier molecular flexibility index (Phi) is 6.25. The lowest BCUT2D eigenvalue weighted by atomic mass is 10.0. The first-order valence-electron chi connectivity index (χ1n) is 8.21. The maximum Gasteiger partial charge on any atom is 0.335 e. The van der Waals surface area contributed by atoms with E-state index in [2.05, 4.69) is 5.32 Å². The van der Waals surface area contributed by atoms with Gasteiger partial charge in [-0.1, -0.05) is 71.2 Å². The van der Waals surface area contributed by atoms with E-state index < -0.39 is 11.9 Å². The Hall–Kier alpha value is -2.53. The van der Waals surface area contributed by atoms with Gasteiger partial charge in [0.2, 0.25) is 0 Å². The van der Waals surface area contributed by atoms with E-state index in [-0.39, 0.29) is 31.9 Å². The third-order valence-corrected chi connectivity index (χ3v) is 4.98. The molecule has 0 bridgehead atoms. The summed E-state index contributed by atoms with van der Waals surface area (Å²) in [6, 6.07) is 17.5. The van der Waals surface area contributed by atoms with Crippen LogP contribution in [-0.4, -0.2) is 17.0 Å². The highest BCUT2D eigenvalue weighted by molar-refractivity contribution is 6.41. The molecule has 0 aliphatic carbocycles. The zero-order valence-corrected chi connectivity index (χ0v) is 16.6. The Morgan fingerprint density at radius 2 is 1.46 bits per heavy atom. The predicted octanol–water partition coefficient (Wildman–Crippen LogP) is 6.19. The molecular formula is C21H14Cl3NO3. The standard InChI is InChI=1S/C21H14Cl3NO3/c22-16-7-6-13(8-12-4-2-1-3-5-12)9-15(16)20(26)25-19-17(23)10-14(21(27)28)11-18(19)24/h1-7,9-11H,8H2,(H,25,26)(H,27,28). The van der Waals surface area contributed by atoms with Gasteiger partial charge in [-0.15, -0.1) is 0 Å². The van der Waals surface area contributed by atoms with Gasteiger partial charge in [0.15, 0.2) is 0 Å². The molecule has 0 aliphatic rings. The number of carbonyl (C=O) groups is 2. The largest absolute Gasteiger partial charge is 0.478 e. The second kappa shape index (κ2) is 8.65. The fraction of sp³-hybridized carbons (Fsp3) is 0.0476. The fourth-order valence-corrected chi connectivity index (χ4v) is 3.47. The molecule has 7 heteroatoms. The van der Waals surface area contributed by atoms with E-state index >= 15 is 0 Å². The van der Waals surface area contributed by atoms with Crippen LogP contribution in [0.3, 0.4) is 0 Å². The minimum absolute atomic E-state index is 0.0230. The minimum atomic E-state index is -1.17. The van der Waals surface area contributed by atoms with Crippen molar-refractivity contribution >= 4 is 52.4 Å². The Bertz CT molecular complexity index is 1030. The number of amides is 1. The minimum Gasteiger partial charge on any atom is -0.478 e. The lowest BCUT2D eigenvalue weighted by molar-refractivity contribution is 0.0696. The fourth-order valence-electron chi connectivity index (χ4n) is 2.68. The molecular weight excluding hydrogens is 421 g/mol. The third-order valence-electron chi connectivity index (χ3n) is 4.05. The average molecular weight is 435 g/mol. The van der Waals surface area contributed by atoms with Crippen LogP contribution >= 0.6 is 34.8 Å². The van der Waals surface area contributed by atoms with Crippen LogP contribution in [-0.2, 0) is 6.42 Å². The van der Waals surface area contributed by atoms with Crippen LogP contribution in [0, 0.1) is 0 Å². The summed E-state index contributed by atoms with van der Waals surface area (Å²) in [5, 5.41) is 12.0. The number of halogens is 3. The van der Waals surface area contributed by atoms with Gasteiger partial charge in [-0.25, -0.2) is 4.79 Å². The van der Waals surface area contributed by atoms with E-state index in [0.717, 1.165) is 11.1 Å². The van der Waals surface area contributed by atoms with Gasteiger partial charge in [-0.2, -0.15) is 0 Å². The summed E-state index contributed by atoms with van der Waals surface area (Å²) < 4.78 is 0. The van der Waals surface area contributed by atoms with Crippen molar-refractivity contribution in [2.24, 2.45) is 0 Å². The number of rotatable bonds is 5.